The molecule has 0 spiro atoms. The van der Waals surface area contributed by atoms with E-state index >= 15 is 0 Å². The lowest BCUT2D eigenvalue weighted by Gasteiger charge is -2.16. The van der Waals surface area contributed by atoms with Gasteiger partial charge in [0.2, 0.25) is 5.91 Å². The molecule has 0 heterocycles. The van der Waals surface area contributed by atoms with Crippen LogP contribution in [0.5, 0.6) is 5.75 Å². The number of carbonyl (C=O) groups is 1. The van der Waals surface area contributed by atoms with Crippen molar-refractivity contribution in [3.63, 3.8) is 0 Å². The van der Waals surface area contributed by atoms with E-state index in [1.54, 1.807) is 32.1 Å². The molecule has 132 valence electrons. The monoisotopic (exact) mass is 357 g/mol. The molecule has 2 aromatic rings. The molecule has 0 saturated carbocycles. The van der Waals surface area contributed by atoms with E-state index in [9.17, 15) is 4.79 Å². The Balaban J connectivity index is 1.91. The molecule has 0 saturated heterocycles. The first-order valence-corrected chi connectivity index (χ1v) is 9.15. The summed E-state index contributed by atoms with van der Waals surface area (Å²) in [5, 5.41) is 2.87. The summed E-state index contributed by atoms with van der Waals surface area (Å²) >= 11 is 1.69. The Hall–Kier alpha value is -2.24. The molecular formula is C20H23NO3S. The van der Waals surface area contributed by atoms with Crippen LogP contribution in [0.15, 0.2) is 59.5 Å². The van der Waals surface area contributed by atoms with Crippen LogP contribution in [0.3, 0.4) is 0 Å². The minimum absolute atomic E-state index is 0.154. The zero-order chi connectivity index (χ0) is 18.1. The first-order valence-electron chi connectivity index (χ1n) is 7.93. The van der Waals surface area contributed by atoms with Crippen LogP contribution < -0.4 is 10.1 Å². The topological polar surface area (TPSA) is 47.6 Å². The molecular weight excluding hydrogens is 334 g/mol. The third-order valence-corrected chi connectivity index (χ3v) is 4.50. The molecule has 1 amide bonds. The zero-order valence-electron chi connectivity index (χ0n) is 14.7. The second-order valence-electron chi connectivity index (χ2n) is 5.35. The van der Waals surface area contributed by atoms with E-state index in [-0.39, 0.29) is 12.0 Å². The number of hydrogen-bond donors (Lipinski definition) is 1. The third kappa shape index (κ3) is 5.96. The summed E-state index contributed by atoms with van der Waals surface area (Å²) in [5.74, 6) is 0.610. The van der Waals surface area contributed by atoms with Gasteiger partial charge in [0, 0.05) is 24.6 Å². The second kappa shape index (κ2) is 9.91. The fraction of sp³-hybridized carbons (Fsp3) is 0.250. The highest BCUT2D eigenvalue weighted by atomic mass is 32.2. The normalized spacial score (nSPS) is 12.1. The lowest BCUT2D eigenvalue weighted by molar-refractivity contribution is -0.117. The maximum atomic E-state index is 12.0. The van der Waals surface area contributed by atoms with E-state index in [1.807, 2.05) is 54.8 Å². The summed E-state index contributed by atoms with van der Waals surface area (Å²) in [6.45, 7) is 0.387. The van der Waals surface area contributed by atoms with Crippen molar-refractivity contribution in [3.05, 3.63) is 65.7 Å². The molecule has 0 aliphatic rings. The highest BCUT2D eigenvalue weighted by molar-refractivity contribution is 7.98. The summed E-state index contributed by atoms with van der Waals surface area (Å²) in [5.41, 5.74) is 1.95. The maximum absolute atomic E-state index is 12.0. The largest absolute Gasteiger partial charge is 0.497 e. The van der Waals surface area contributed by atoms with E-state index < -0.39 is 0 Å². The standard InChI is InChI=1S/C20H23NO3S/c1-23-17-6-4-5-16(13-17)19(24-2)14-21-20(22)12-9-15-7-10-18(25-3)11-8-15/h4-13,19H,14H2,1-3H3,(H,21,22). The second-order valence-corrected chi connectivity index (χ2v) is 6.23. The predicted octanol–water partition coefficient (Wildman–Crippen LogP) is 3.93. The van der Waals surface area contributed by atoms with Gasteiger partial charge in [0.1, 0.15) is 5.75 Å². The van der Waals surface area contributed by atoms with Crippen molar-refractivity contribution < 1.29 is 14.3 Å². The number of rotatable bonds is 8. The molecule has 0 radical (unpaired) electrons. The predicted molar refractivity (Wildman–Crippen MR) is 103 cm³/mol. The van der Waals surface area contributed by atoms with Crippen LogP contribution in [-0.4, -0.2) is 32.9 Å². The lowest BCUT2D eigenvalue weighted by Crippen LogP contribution is -2.27. The first-order chi connectivity index (χ1) is 12.2. The SMILES string of the molecule is COc1cccc(C(CNC(=O)C=Cc2ccc(SC)cc2)OC)c1. The molecule has 0 aliphatic heterocycles. The van der Waals surface area contributed by atoms with Gasteiger partial charge in [0.15, 0.2) is 0 Å². The molecule has 25 heavy (non-hydrogen) atoms. The fourth-order valence-electron chi connectivity index (χ4n) is 2.32. The molecule has 0 fully saturated rings. The van der Waals surface area contributed by atoms with Crippen molar-refractivity contribution in [2.45, 2.75) is 11.0 Å². The van der Waals surface area contributed by atoms with Gasteiger partial charge in [-0.2, -0.15) is 0 Å². The number of ether oxygens (including phenoxy) is 2. The number of carbonyl (C=O) groups excluding carboxylic acids is 1. The van der Waals surface area contributed by atoms with E-state index in [2.05, 4.69) is 5.32 Å². The van der Waals surface area contributed by atoms with Crippen LogP contribution in [0, 0.1) is 0 Å². The van der Waals surface area contributed by atoms with E-state index in [1.165, 1.54) is 11.0 Å². The van der Waals surface area contributed by atoms with Crippen LogP contribution in [0.2, 0.25) is 0 Å². The summed E-state index contributed by atoms with van der Waals surface area (Å²) < 4.78 is 10.7. The quantitative estimate of drug-likeness (QED) is 0.574. The average Bonchev–Trinajstić information content (AvgIpc) is 2.67. The summed E-state index contributed by atoms with van der Waals surface area (Å²) in [7, 11) is 3.25. The minimum atomic E-state index is -0.228. The highest BCUT2D eigenvalue weighted by Gasteiger charge is 2.12. The van der Waals surface area contributed by atoms with Gasteiger partial charge < -0.3 is 14.8 Å². The lowest BCUT2D eigenvalue weighted by atomic mass is 10.1. The van der Waals surface area contributed by atoms with Crippen molar-refractivity contribution >= 4 is 23.7 Å². The number of benzene rings is 2. The van der Waals surface area contributed by atoms with Crippen molar-refractivity contribution in [2.24, 2.45) is 0 Å². The molecule has 2 aromatic carbocycles. The molecule has 1 unspecified atom stereocenters. The Morgan fingerprint density at radius 2 is 1.96 bits per heavy atom. The summed E-state index contributed by atoms with van der Waals surface area (Å²) in [6.07, 6.45) is 5.14. The molecule has 0 aliphatic carbocycles. The summed E-state index contributed by atoms with van der Waals surface area (Å²) in [6, 6.07) is 15.7. The molecule has 1 atom stereocenters. The van der Waals surface area contributed by atoms with Crippen LogP contribution in [0.4, 0.5) is 0 Å². The molecule has 5 heteroatoms. The van der Waals surface area contributed by atoms with Crippen molar-refractivity contribution in [1.29, 1.82) is 0 Å². The zero-order valence-corrected chi connectivity index (χ0v) is 15.5. The Morgan fingerprint density at radius 3 is 2.60 bits per heavy atom. The van der Waals surface area contributed by atoms with Gasteiger partial charge in [-0.15, -0.1) is 11.8 Å². The Labute approximate surface area is 153 Å². The van der Waals surface area contributed by atoms with Gasteiger partial charge in [-0.1, -0.05) is 24.3 Å². The molecule has 0 aromatic heterocycles. The van der Waals surface area contributed by atoms with Crippen molar-refractivity contribution in [1.82, 2.24) is 5.32 Å². The van der Waals surface area contributed by atoms with Crippen LogP contribution >= 0.6 is 11.8 Å². The maximum Gasteiger partial charge on any atom is 0.244 e. The summed E-state index contributed by atoms with van der Waals surface area (Å²) in [4.78, 5) is 13.2. The fourth-order valence-corrected chi connectivity index (χ4v) is 2.73. The van der Waals surface area contributed by atoms with Gasteiger partial charge in [-0.3, -0.25) is 4.79 Å². The van der Waals surface area contributed by atoms with Gasteiger partial charge in [-0.25, -0.2) is 0 Å². The Kier molecular flexibility index (Phi) is 7.57. The van der Waals surface area contributed by atoms with Gasteiger partial charge >= 0.3 is 0 Å². The number of hydrogen-bond acceptors (Lipinski definition) is 4. The van der Waals surface area contributed by atoms with E-state index in [4.69, 9.17) is 9.47 Å². The Bertz CT molecular complexity index is 713. The number of thioether (sulfide) groups is 1. The number of nitrogens with one attached hydrogen (secondary N) is 1. The van der Waals surface area contributed by atoms with Gasteiger partial charge in [0.25, 0.3) is 0 Å². The highest BCUT2D eigenvalue weighted by Crippen LogP contribution is 2.21. The first kappa shape index (κ1) is 19.1. The smallest absolute Gasteiger partial charge is 0.244 e. The van der Waals surface area contributed by atoms with Crippen LogP contribution in [-0.2, 0) is 9.53 Å². The molecule has 0 bridgehead atoms. The number of methoxy groups -OCH3 is 2. The number of amides is 1. The van der Waals surface area contributed by atoms with E-state index in [0.29, 0.717) is 6.54 Å². The van der Waals surface area contributed by atoms with Crippen LogP contribution in [0.1, 0.15) is 17.2 Å². The van der Waals surface area contributed by atoms with E-state index in [0.717, 1.165) is 16.9 Å². The third-order valence-electron chi connectivity index (χ3n) is 3.75. The van der Waals surface area contributed by atoms with Crippen molar-refractivity contribution in [3.8, 4) is 5.75 Å². The molecule has 1 N–H and O–H groups in total. The van der Waals surface area contributed by atoms with Gasteiger partial charge in [-0.05, 0) is 47.7 Å². The average molecular weight is 357 g/mol. The molecule has 2 rings (SSSR count). The minimum Gasteiger partial charge on any atom is -0.497 e. The van der Waals surface area contributed by atoms with Crippen LogP contribution in [0.25, 0.3) is 6.08 Å². The van der Waals surface area contributed by atoms with Crippen molar-refractivity contribution in [2.75, 3.05) is 27.0 Å². The van der Waals surface area contributed by atoms with Gasteiger partial charge in [0.05, 0.1) is 13.2 Å². The Morgan fingerprint density at radius 1 is 1.20 bits per heavy atom. The molecule has 4 nitrogen and oxygen atoms in total.